The fourth-order valence-corrected chi connectivity index (χ4v) is 5.18. The average molecular weight is 436 g/mol. The minimum absolute atomic E-state index is 0.0450. The van der Waals surface area contributed by atoms with Gasteiger partial charge in [0.05, 0.1) is 5.57 Å². The van der Waals surface area contributed by atoms with Crippen LogP contribution in [0, 0.1) is 13.1 Å². The number of aliphatic hydroxyl groups is 1. The van der Waals surface area contributed by atoms with Crippen molar-refractivity contribution in [2.75, 3.05) is 18.0 Å². The molecule has 164 valence electrons. The van der Waals surface area contributed by atoms with Gasteiger partial charge in [-0.1, -0.05) is 43.5 Å². The molecule has 3 aliphatic rings. The van der Waals surface area contributed by atoms with Gasteiger partial charge in [-0.2, -0.15) is 0 Å². The Morgan fingerprint density at radius 1 is 1.06 bits per heavy atom. The fourth-order valence-electron chi connectivity index (χ4n) is 5.18. The molecule has 0 amide bonds. The molecular weight excluding hydrogens is 410 g/mol. The van der Waals surface area contributed by atoms with Crippen molar-refractivity contribution in [1.29, 1.82) is 0 Å². The Labute approximate surface area is 194 Å². The largest absolute Gasteiger partial charge is 0.374 e. The first-order chi connectivity index (χ1) is 16.0. The summed E-state index contributed by atoms with van der Waals surface area (Å²) in [6, 6.07) is 13.6. The molecule has 0 spiro atoms. The summed E-state index contributed by atoms with van der Waals surface area (Å²) >= 11 is 0. The molecule has 0 saturated heterocycles. The van der Waals surface area contributed by atoms with Crippen LogP contribution in [0.1, 0.15) is 42.0 Å². The Balaban J connectivity index is 1.70. The lowest BCUT2D eigenvalue weighted by Crippen LogP contribution is -2.44. The third kappa shape index (κ3) is 3.59. The van der Waals surface area contributed by atoms with Gasteiger partial charge in [0.25, 0.3) is 5.82 Å². The molecule has 0 aliphatic carbocycles. The van der Waals surface area contributed by atoms with Crippen LogP contribution in [-0.2, 0) is 18.6 Å². The second-order valence-corrected chi connectivity index (χ2v) is 8.73. The van der Waals surface area contributed by atoms with E-state index in [9.17, 15) is 5.11 Å². The molecule has 33 heavy (non-hydrogen) atoms. The molecule has 3 aliphatic heterocycles. The number of nitrogens with zero attached hydrogens (tertiary/aromatic N) is 4. The molecule has 0 bridgehead atoms. The summed E-state index contributed by atoms with van der Waals surface area (Å²) in [7, 11) is 0. The predicted molar refractivity (Wildman–Crippen MR) is 130 cm³/mol. The lowest BCUT2D eigenvalue weighted by molar-refractivity contribution is 0.0581. The first-order valence-electron chi connectivity index (χ1n) is 11.3. The lowest BCUT2D eigenvalue weighted by Gasteiger charge is -2.37. The molecule has 1 atom stereocenters. The molecule has 0 saturated carbocycles. The first-order valence-corrected chi connectivity index (χ1v) is 11.3. The highest BCUT2D eigenvalue weighted by atomic mass is 16.3. The second kappa shape index (κ2) is 8.24. The number of aryl methyl sites for hydroxylation is 2. The molecule has 3 heterocycles. The summed E-state index contributed by atoms with van der Waals surface area (Å²) in [5.74, 6) is -0.105. The van der Waals surface area contributed by atoms with Crippen molar-refractivity contribution in [3.05, 3.63) is 105 Å². The van der Waals surface area contributed by atoms with Crippen molar-refractivity contribution in [1.82, 2.24) is 5.32 Å². The van der Waals surface area contributed by atoms with E-state index in [1.54, 1.807) is 6.92 Å². The number of benzene rings is 2. The zero-order valence-corrected chi connectivity index (χ0v) is 18.6. The van der Waals surface area contributed by atoms with Crippen molar-refractivity contribution in [2.24, 2.45) is 4.99 Å². The zero-order chi connectivity index (χ0) is 23.0. The number of rotatable bonds is 2. The highest BCUT2D eigenvalue weighted by Gasteiger charge is 2.43. The number of nitrogens with one attached hydrogen (secondary N) is 1. The number of anilines is 1. The SMILES string of the molecule is [C-]#[N+]C1=C([N+]#[C-])NC(O)(c2ccccc2)C(=Cc2cc3c4c(c2)CCCN4CCC3)C(C)=N1. The molecule has 0 fully saturated rings. The average Bonchev–Trinajstić information content (AvgIpc) is 2.95. The van der Waals surface area contributed by atoms with Gasteiger partial charge in [0, 0.05) is 31.3 Å². The van der Waals surface area contributed by atoms with E-state index in [2.05, 4.69) is 37.0 Å². The van der Waals surface area contributed by atoms with Crippen LogP contribution in [-0.4, -0.2) is 23.9 Å². The Morgan fingerprint density at radius 2 is 1.73 bits per heavy atom. The minimum atomic E-state index is -1.69. The summed E-state index contributed by atoms with van der Waals surface area (Å²) in [5.41, 5.74) is 5.03. The lowest BCUT2D eigenvalue weighted by atomic mass is 9.87. The monoisotopic (exact) mass is 435 g/mol. The van der Waals surface area contributed by atoms with E-state index in [1.165, 1.54) is 16.8 Å². The molecule has 6 nitrogen and oxygen atoms in total. The van der Waals surface area contributed by atoms with Crippen molar-refractivity contribution >= 4 is 17.5 Å². The molecular formula is C27H25N5O. The maximum atomic E-state index is 12.0. The number of aliphatic imine (C=N–C) groups is 1. The topological polar surface area (TPSA) is 56.6 Å². The van der Waals surface area contributed by atoms with Gasteiger partial charge in [-0.25, -0.2) is 0 Å². The minimum Gasteiger partial charge on any atom is -0.374 e. The van der Waals surface area contributed by atoms with Crippen LogP contribution in [0.15, 0.2) is 64.7 Å². The van der Waals surface area contributed by atoms with Gasteiger partial charge in [-0.05, 0) is 60.6 Å². The maximum Gasteiger partial charge on any atom is 0.289 e. The van der Waals surface area contributed by atoms with Crippen molar-refractivity contribution in [3.63, 3.8) is 0 Å². The van der Waals surface area contributed by atoms with Crippen LogP contribution in [0.2, 0.25) is 0 Å². The van der Waals surface area contributed by atoms with Crippen molar-refractivity contribution < 1.29 is 5.11 Å². The van der Waals surface area contributed by atoms with E-state index in [0.29, 0.717) is 16.8 Å². The Bertz CT molecular complexity index is 1260. The number of hydrogen-bond acceptors (Lipinski definition) is 4. The zero-order valence-electron chi connectivity index (χ0n) is 18.6. The molecule has 0 aromatic heterocycles. The van der Waals surface area contributed by atoms with Gasteiger partial charge < -0.3 is 25.0 Å². The summed E-state index contributed by atoms with van der Waals surface area (Å²) in [5, 5.41) is 14.9. The summed E-state index contributed by atoms with van der Waals surface area (Å²) in [6.07, 6.45) is 6.35. The van der Waals surface area contributed by atoms with Gasteiger partial charge in [-0.15, -0.1) is 4.99 Å². The van der Waals surface area contributed by atoms with Gasteiger partial charge in [0.2, 0.25) is 11.5 Å². The third-order valence-corrected chi connectivity index (χ3v) is 6.64. The van der Waals surface area contributed by atoms with Crippen molar-refractivity contribution in [2.45, 2.75) is 38.3 Å². The van der Waals surface area contributed by atoms with E-state index in [-0.39, 0.29) is 11.6 Å². The quantitative estimate of drug-likeness (QED) is 0.676. The molecule has 2 aromatic carbocycles. The molecule has 1 unspecified atom stereocenters. The number of hydrogen-bond donors (Lipinski definition) is 2. The van der Waals surface area contributed by atoms with E-state index < -0.39 is 5.72 Å². The van der Waals surface area contributed by atoms with Crippen molar-refractivity contribution in [3.8, 4) is 0 Å². The second-order valence-electron chi connectivity index (χ2n) is 8.73. The Hall–Kier alpha value is -3.87. The first kappa shape index (κ1) is 21.0. The summed E-state index contributed by atoms with van der Waals surface area (Å²) < 4.78 is 0. The van der Waals surface area contributed by atoms with Gasteiger partial charge >= 0.3 is 0 Å². The fraction of sp³-hybridized carbons (Fsp3) is 0.296. The highest BCUT2D eigenvalue weighted by Crippen LogP contribution is 2.38. The molecule has 2 N–H and O–H groups in total. The van der Waals surface area contributed by atoms with Crippen LogP contribution in [0.4, 0.5) is 5.69 Å². The third-order valence-electron chi connectivity index (χ3n) is 6.64. The van der Waals surface area contributed by atoms with Gasteiger partial charge in [-0.3, -0.25) is 0 Å². The Morgan fingerprint density at radius 3 is 2.33 bits per heavy atom. The summed E-state index contributed by atoms with van der Waals surface area (Å²) in [4.78, 5) is 13.8. The Kier molecular flexibility index (Phi) is 5.24. The standard InChI is InChI=1S/C27H25N5O/c1-18-23(17-19-15-20-9-7-13-32-14-8-10-21(16-19)24(20)32)27(33,22-11-5-4-6-12-22)31-26(29-3)25(28-2)30-18/h4-6,11-12,15-17,31,33H,7-10,13-14H2,1H3. The molecule has 5 rings (SSSR count). The van der Waals surface area contributed by atoms with E-state index in [1.807, 2.05) is 36.4 Å². The van der Waals surface area contributed by atoms with Gasteiger partial charge in [0.15, 0.2) is 0 Å². The molecule has 6 heteroatoms. The molecule has 0 radical (unpaired) electrons. The normalized spacial score (nSPS) is 23.1. The highest BCUT2D eigenvalue weighted by molar-refractivity contribution is 6.05. The van der Waals surface area contributed by atoms with Crippen LogP contribution >= 0.6 is 0 Å². The summed E-state index contributed by atoms with van der Waals surface area (Å²) in [6.45, 7) is 19.1. The van der Waals surface area contributed by atoms with Gasteiger partial charge in [0.1, 0.15) is 5.71 Å². The van der Waals surface area contributed by atoms with E-state index >= 15 is 0 Å². The van der Waals surface area contributed by atoms with Crippen LogP contribution in [0.3, 0.4) is 0 Å². The van der Waals surface area contributed by atoms with E-state index in [0.717, 1.165) is 44.3 Å². The smallest absolute Gasteiger partial charge is 0.289 e. The molecule has 2 aromatic rings. The van der Waals surface area contributed by atoms with Crippen LogP contribution in [0.25, 0.3) is 15.8 Å². The predicted octanol–water partition coefficient (Wildman–Crippen LogP) is 4.64. The van der Waals surface area contributed by atoms with Crippen LogP contribution in [0.5, 0.6) is 0 Å². The van der Waals surface area contributed by atoms with Crippen LogP contribution < -0.4 is 10.2 Å². The maximum absolute atomic E-state index is 12.0. The van der Waals surface area contributed by atoms with E-state index in [4.69, 9.17) is 13.1 Å².